The first-order valence-electron chi connectivity index (χ1n) is 5.81. The molecule has 0 unspecified atom stereocenters. The van der Waals surface area contributed by atoms with Gasteiger partial charge in [-0.3, -0.25) is 0 Å². The number of rotatable bonds is 3. The molecule has 1 heterocycles. The van der Waals surface area contributed by atoms with Crippen LogP contribution in [0.15, 0.2) is 23.4 Å². The molecule has 0 radical (unpaired) electrons. The summed E-state index contributed by atoms with van der Waals surface area (Å²) < 4.78 is 0. The molecule has 1 aliphatic rings. The molecule has 0 aliphatic carbocycles. The lowest BCUT2D eigenvalue weighted by Crippen LogP contribution is -2.44. The molecule has 1 aromatic carbocycles. The minimum absolute atomic E-state index is 0.148. The first kappa shape index (κ1) is 11.9. The van der Waals surface area contributed by atoms with E-state index in [2.05, 4.69) is 22.0 Å². The Hall–Kier alpha value is -1.62. The summed E-state index contributed by atoms with van der Waals surface area (Å²) in [6.45, 7) is 4.31. The van der Waals surface area contributed by atoms with E-state index < -0.39 is 0 Å². The molecule has 17 heavy (non-hydrogen) atoms. The molecule has 1 aromatic rings. The third kappa shape index (κ3) is 2.74. The van der Waals surface area contributed by atoms with Crippen molar-refractivity contribution in [2.45, 2.75) is 6.54 Å². The molecule has 0 saturated carbocycles. The highest BCUT2D eigenvalue weighted by Gasteiger charge is 2.14. The first-order valence-corrected chi connectivity index (χ1v) is 5.81. The Kier molecular flexibility index (Phi) is 3.58. The minimum Gasteiger partial charge on any atom is -0.398 e. The van der Waals surface area contributed by atoms with Crippen LogP contribution in [0, 0.1) is 4.91 Å². The number of hydrogen-bond acceptors (Lipinski definition) is 5. The molecule has 5 nitrogen and oxygen atoms in total. The third-order valence-electron chi connectivity index (χ3n) is 3.23. The highest BCUT2D eigenvalue weighted by Crippen LogP contribution is 2.23. The smallest absolute Gasteiger partial charge is 0.108 e. The number of piperazine rings is 1. The number of benzene rings is 1. The molecule has 92 valence electrons. The van der Waals surface area contributed by atoms with Gasteiger partial charge in [0.25, 0.3) is 0 Å². The average Bonchev–Trinajstić information content (AvgIpc) is 2.33. The minimum atomic E-state index is 0.148. The SMILES string of the molecule is CN1CCN(c2ccc(CN=O)c(N)c2)CC1. The fraction of sp³-hybridized carbons (Fsp3) is 0.500. The number of nitrogens with zero attached hydrogens (tertiary/aromatic N) is 3. The Labute approximate surface area is 101 Å². The van der Waals surface area contributed by atoms with Crippen LogP contribution in [-0.4, -0.2) is 38.1 Å². The quantitative estimate of drug-likeness (QED) is 0.632. The molecular formula is C12H18N4O. The number of anilines is 2. The zero-order valence-corrected chi connectivity index (χ0v) is 10.1. The summed E-state index contributed by atoms with van der Waals surface area (Å²) in [4.78, 5) is 14.9. The van der Waals surface area contributed by atoms with Crippen molar-refractivity contribution < 1.29 is 0 Å². The fourth-order valence-corrected chi connectivity index (χ4v) is 2.06. The second kappa shape index (κ2) is 5.14. The van der Waals surface area contributed by atoms with E-state index in [1.54, 1.807) is 0 Å². The van der Waals surface area contributed by atoms with E-state index in [4.69, 9.17) is 5.73 Å². The largest absolute Gasteiger partial charge is 0.398 e. The number of nitroso groups, excluding NO2 is 1. The van der Waals surface area contributed by atoms with E-state index >= 15 is 0 Å². The molecule has 0 aromatic heterocycles. The molecule has 1 aliphatic heterocycles. The van der Waals surface area contributed by atoms with Crippen LogP contribution in [0.1, 0.15) is 5.56 Å². The van der Waals surface area contributed by atoms with Crippen molar-refractivity contribution in [3.05, 3.63) is 28.7 Å². The van der Waals surface area contributed by atoms with Gasteiger partial charge in [-0.25, -0.2) is 0 Å². The molecule has 1 saturated heterocycles. The van der Waals surface area contributed by atoms with Gasteiger partial charge >= 0.3 is 0 Å². The Morgan fingerprint density at radius 3 is 2.59 bits per heavy atom. The van der Waals surface area contributed by atoms with Crippen LogP contribution in [0.3, 0.4) is 0 Å². The summed E-state index contributed by atoms with van der Waals surface area (Å²) in [5.74, 6) is 0. The molecule has 0 spiro atoms. The highest BCUT2D eigenvalue weighted by molar-refractivity contribution is 5.60. The maximum Gasteiger partial charge on any atom is 0.108 e. The van der Waals surface area contributed by atoms with Crippen molar-refractivity contribution in [3.8, 4) is 0 Å². The normalized spacial score (nSPS) is 17.1. The van der Waals surface area contributed by atoms with Crippen LogP contribution in [0.25, 0.3) is 0 Å². The van der Waals surface area contributed by atoms with Gasteiger partial charge in [-0.1, -0.05) is 11.2 Å². The van der Waals surface area contributed by atoms with E-state index in [1.807, 2.05) is 18.2 Å². The van der Waals surface area contributed by atoms with Crippen molar-refractivity contribution in [3.63, 3.8) is 0 Å². The summed E-state index contributed by atoms with van der Waals surface area (Å²) in [6.07, 6.45) is 0. The molecule has 0 bridgehead atoms. The van der Waals surface area contributed by atoms with Crippen LogP contribution in [0.2, 0.25) is 0 Å². The Bertz CT molecular complexity index is 399. The monoisotopic (exact) mass is 234 g/mol. The summed E-state index contributed by atoms with van der Waals surface area (Å²) >= 11 is 0. The molecule has 2 N–H and O–H groups in total. The zero-order chi connectivity index (χ0) is 12.3. The number of nitrogen functional groups attached to an aromatic ring is 1. The summed E-state index contributed by atoms with van der Waals surface area (Å²) in [5, 5.41) is 2.87. The van der Waals surface area contributed by atoms with Gasteiger partial charge in [-0.05, 0) is 19.2 Å². The van der Waals surface area contributed by atoms with Gasteiger partial charge in [0.2, 0.25) is 0 Å². The average molecular weight is 234 g/mol. The third-order valence-corrected chi connectivity index (χ3v) is 3.23. The summed E-state index contributed by atoms with van der Waals surface area (Å²) in [7, 11) is 2.13. The number of likely N-dealkylation sites (N-methyl/N-ethyl adjacent to an activating group) is 1. The highest BCUT2D eigenvalue weighted by atomic mass is 16.3. The van der Waals surface area contributed by atoms with Crippen LogP contribution >= 0.6 is 0 Å². The van der Waals surface area contributed by atoms with Crippen LogP contribution in [-0.2, 0) is 6.54 Å². The van der Waals surface area contributed by atoms with Crippen molar-refractivity contribution in [1.82, 2.24) is 4.90 Å². The van der Waals surface area contributed by atoms with Gasteiger partial charge in [-0.2, -0.15) is 4.91 Å². The molecular weight excluding hydrogens is 216 g/mol. The van der Waals surface area contributed by atoms with Crippen molar-refractivity contribution in [2.24, 2.45) is 5.18 Å². The fourth-order valence-electron chi connectivity index (χ4n) is 2.06. The topological polar surface area (TPSA) is 61.9 Å². The standard InChI is InChI=1S/C12H18N4O/c1-15-4-6-16(7-5-15)11-3-2-10(9-14-17)12(13)8-11/h2-3,8H,4-7,9,13H2,1H3. The van der Waals surface area contributed by atoms with Gasteiger partial charge in [0.15, 0.2) is 0 Å². The van der Waals surface area contributed by atoms with Crippen molar-refractivity contribution in [2.75, 3.05) is 43.9 Å². The Morgan fingerprint density at radius 2 is 2.00 bits per heavy atom. The van der Waals surface area contributed by atoms with Gasteiger partial charge in [0.05, 0.1) is 0 Å². The van der Waals surface area contributed by atoms with Gasteiger partial charge in [-0.15, -0.1) is 0 Å². The zero-order valence-electron chi connectivity index (χ0n) is 10.1. The van der Waals surface area contributed by atoms with Gasteiger partial charge in [0.1, 0.15) is 6.54 Å². The lowest BCUT2D eigenvalue weighted by Gasteiger charge is -2.34. The lowest BCUT2D eigenvalue weighted by atomic mass is 10.1. The van der Waals surface area contributed by atoms with Crippen LogP contribution in [0.4, 0.5) is 11.4 Å². The predicted octanol–water partition coefficient (Wildman–Crippen LogP) is 1.29. The van der Waals surface area contributed by atoms with Crippen molar-refractivity contribution >= 4 is 11.4 Å². The van der Waals surface area contributed by atoms with E-state index in [0.29, 0.717) is 5.69 Å². The van der Waals surface area contributed by atoms with E-state index in [1.165, 1.54) is 0 Å². The number of hydrogen-bond donors (Lipinski definition) is 1. The van der Waals surface area contributed by atoms with Crippen LogP contribution in [0.5, 0.6) is 0 Å². The van der Waals surface area contributed by atoms with E-state index in [9.17, 15) is 4.91 Å². The Morgan fingerprint density at radius 1 is 1.29 bits per heavy atom. The second-order valence-corrected chi connectivity index (χ2v) is 4.46. The first-order chi connectivity index (χ1) is 8.20. The maximum absolute atomic E-state index is 10.2. The van der Waals surface area contributed by atoms with Gasteiger partial charge in [0, 0.05) is 43.1 Å². The van der Waals surface area contributed by atoms with E-state index in [-0.39, 0.29) is 6.54 Å². The van der Waals surface area contributed by atoms with Crippen molar-refractivity contribution in [1.29, 1.82) is 0 Å². The molecule has 0 amide bonds. The summed E-state index contributed by atoms with van der Waals surface area (Å²) in [6, 6.07) is 5.85. The predicted molar refractivity (Wildman–Crippen MR) is 70.1 cm³/mol. The molecule has 5 heteroatoms. The van der Waals surface area contributed by atoms with Crippen LogP contribution < -0.4 is 10.6 Å². The lowest BCUT2D eigenvalue weighted by molar-refractivity contribution is 0.313. The van der Waals surface area contributed by atoms with Gasteiger partial charge < -0.3 is 15.5 Å². The molecule has 2 rings (SSSR count). The number of nitrogens with two attached hydrogens (primary N) is 1. The Balaban J connectivity index is 2.11. The van der Waals surface area contributed by atoms with E-state index in [0.717, 1.165) is 37.4 Å². The summed E-state index contributed by atoms with van der Waals surface area (Å²) in [5.41, 5.74) is 8.49. The molecule has 0 atom stereocenters. The second-order valence-electron chi connectivity index (χ2n) is 4.46. The molecule has 1 fully saturated rings. The maximum atomic E-state index is 10.2.